The van der Waals surface area contributed by atoms with Gasteiger partial charge in [-0.1, -0.05) is 0 Å². The molecule has 0 saturated carbocycles. The van der Waals surface area contributed by atoms with Crippen molar-refractivity contribution in [2.75, 3.05) is 26.7 Å². The number of nitrogens with two attached hydrogens (primary N) is 1. The minimum Gasteiger partial charge on any atom is -0.369 e. The van der Waals surface area contributed by atoms with E-state index in [1.165, 1.54) is 12.8 Å². The summed E-state index contributed by atoms with van der Waals surface area (Å²) >= 11 is 0. The van der Waals surface area contributed by atoms with Gasteiger partial charge < -0.3 is 11.1 Å². The van der Waals surface area contributed by atoms with Gasteiger partial charge in [-0.3, -0.25) is 9.69 Å². The maximum Gasteiger partial charge on any atom is 0.231 e. The molecule has 1 amide bonds. The van der Waals surface area contributed by atoms with Gasteiger partial charge in [0.25, 0.3) is 0 Å². The summed E-state index contributed by atoms with van der Waals surface area (Å²) in [5.74, 6) is 0.427. The highest BCUT2D eigenvalue weighted by atomic mass is 16.1. The lowest BCUT2D eigenvalue weighted by Gasteiger charge is -2.34. The van der Waals surface area contributed by atoms with Crippen molar-refractivity contribution in [1.29, 1.82) is 0 Å². The van der Waals surface area contributed by atoms with Gasteiger partial charge in [0.1, 0.15) is 0 Å². The minimum atomic E-state index is -0.220. The van der Waals surface area contributed by atoms with Gasteiger partial charge in [0.05, 0.1) is 6.54 Å². The van der Waals surface area contributed by atoms with E-state index in [1.807, 2.05) is 7.05 Å². The lowest BCUT2D eigenvalue weighted by Crippen LogP contribution is -2.46. The molecular weight excluding hydrogens is 178 g/mol. The van der Waals surface area contributed by atoms with Gasteiger partial charge in [-0.15, -0.1) is 0 Å². The van der Waals surface area contributed by atoms with Gasteiger partial charge >= 0.3 is 0 Å². The van der Waals surface area contributed by atoms with Gasteiger partial charge in [-0.25, -0.2) is 0 Å². The zero-order valence-corrected chi connectivity index (χ0v) is 9.12. The predicted octanol–water partition coefficient (Wildman–Crippen LogP) is -0.208. The summed E-state index contributed by atoms with van der Waals surface area (Å²) in [6, 6.07) is 0.519. The molecule has 0 spiro atoms. The van der Waals surface area contributed by atoms with Gasteiger partial charge in [-0.2, -0.15) is 0 Å². The molecule has 2 unspecified atom stereocenters. The largest absolute Gasteiger partial charge is 0.369 e. The van der Waals surface area contributed by atoms with Crippen LogP contribution in [0.1, 0.15) is 19.8 Å². The van der Waals surface area contributed by atoms with E-state index in [2.05, 4.69) is 17.1 Å². The van der Waals surface area contributed by atoms with Gasteiger partial charge in [0.2, 0.25) is 5.91 Å². The summed E-state index contributed by atoms with van der Waals surface area (Å²) in [6.07, 6.45) is 2.42. The average molecular weight is 199 g/mol. The van der Waals surface area contributed by atoms with E-state index >= 15 is 0 Å². The smallest absolute Gasteiger partial charge is 0.231 e. The summed E-state index contributed by atoms with van der Waals surface area (Å²) in [5.41, 5.74) is 5.18. The van der Waals surface area contributed by atoms with Crippen LogP contribution in [0.25, 0.3) is 0 Å². The molecule has 0 aromatic carbocycles. The Balaban J connectivity index is 2.39. The lowest BCUT2D eigenvalue weighted by molar-refractivity contribution is -0.119. The van der Waals surface area contributed by atoms with Crippen molar-refractivity contribution in [3.8, 4) is 0 Å². The van der Waals surface area contributed by atoms with Gasteiger partial charge in [-0.05, 0) is 39.3 Å². The second-order valence-electron chi connectivity index (χ2n) is 4.18. The van der Waals surface area contributed by atoms with Crippen LogP contribution in [0.4, 0.5) is 0 Å². The molecule has 4 nitrogen and oxygen atoms in total. The minimum absolute atomic E-state index is 0.220. The Bertz CT molecular complexity index is 196. The Morgan fingerprint density at radius 3 is 3.00 bits per heavy atom. The third-order valence-corrected chi connectivity index (χ3v) is 3.08. The van der Waals surface area contributed by atoms with Crippen molar-refractivity contribution in [3.63, 3.8) is 0 Å². The summed E-state index contributed by atoms with van der Waals surface area (Å²) in [7, 11) is 1.98. The number of carbonyl (C=O) groups is 1. The Hall–Kier alpha value is -0.610. The molecule has 0 bridgehead atoms. The first-order valence-electron chi connectivity index (χ1n) is 5.31. The number of amides is 1. The second-order valence-corrected chi connectivity index (χ2v) is 4.18. The van der Waals surface area contributed by atoms with E-state index < -0.39 is 0 Å². The van der Waals surface area contributed by atoms with Crippen molar-refractivity contribution in [2.24, 2.45) is 11.7 Å². The molecular formula is C10H21N3O. The summed E-state index contributed by atoms with van der Waals surface area (Å²) in [4.78, 5) is 12.9. The Morgan fingerprint density at radius 1 is 1.71 bits per heavy atom. The van der Waals surface area contributed by atoms with E-state index in [9.17, 15) is 4.79 Å². The van der Waals surface area contributed by atoms with Crippen molar-refractivity contribution >= 4 is 5.91 Å². The maximum absolute atomic E-state index is 10.8. The number of carbonyl (C=O) groups excluding carboxylic acids is 1. The molecule has 3 N–H and O–H groups in total. The van der Waals surface area contributed by atoms with Crippen LogP contribution >= 0.6 is 0 Å². The standard InChI is InChI=1S/C10H21N3O/c1-8(12-2)9-4-3-5-13(6-9)7-10(11)14/h8-9,12H,3-7H2,1-2H3,(H2,11,14). The number of nitrogens with zero attached hydrogens (tertiary/aromatic N) is 1. The van der Waals surface area contributed by atoms with E-state index in [-0.39, 0.29) is 5.91 Å². The number of likely N-dealkylation sites (tertiary alicyclic amines) is 1. The normalized spacial score (nSPS) is 26.0. The van der Waals surface area contributed by atoms with Crippen LogP contribution in [0, 0.1) is 5.92 Å². The maximum atomic E-state index is 10.8. The molecule has 82 valence electrons. The topological polar surface area (TPSA) is 58.4 Å². The van der Waals surface area contributed by atoms with Gasteiger partial charge in [0, 0.05) is 12.6 Å². The van der Waals surface area contributed by atoms with Crippen molar-refractivity contribution < 1.29 is 4.79 Å². The van der Waals surface area contributed by atoms with E-state index in [4.69, 9.17) is 5.73 Å². The zero-order valence-electron chi connectivity index (χ0n) is 9.12. The highest BCUT2D eigenvalue weighted by Gasteiger charge is 2.24. The first-order valence-corrected chi connectivity index (χ1v) is 5.31. The number of hydrogen-bond acceptors (Lipinski definition) is 3. The molecule has 4 heteroatoms. The highest BCUT2D eigenvalue weighted by molar-refractivity contribution is 5.75. The average Bonchev–Trinajstić information content (AvgIpc) is 2.16. The SMILES string of the molecule is CNC(C)C1CCCN(CC(N)=O)C1. The quantitative estimate of drug-likeness (QED) is 0.659. The molecule has 0 aromatic rings. The third-order valence-electron chi connectivity index (χ3n) is 3.08. The molecule has 0 radical (unpaired) electrons. The van der Waals surface area contributed by atoms with Crippen LogP contribution in [-0.4, -0.2) is 43.5 Å². The van der Waals surface area contributed by atoms with E-state index in [1.54, 1.807) is 0 Å². The highest BCUT2D eigenvalue weighted by Crippen LogP contribution is 2.18. The first-order chi connectivity index (χ1) is 6.63. The van der Waals surface area contributed by atoms with Crippen LogP contribution < -0.4 is 11.1 Å². The number of rotatable bonds is 4. The molecule has 1 aliphatic rings. The van der Waals surface area contributed by atoms with Crippen molar-refractivity contribution in [1.82, 2.24) is 10.2 Å². The molecule has 1 saturated heterocycles. The molecule has 0 aliphatic carbocycles. The monoisotopic (exact) mass is 199 g/mol. The summed E-state index contributed by atoms with van der Waals surface area (Å²) < 4.78 is 0. The first kappa shape index (κ1) is 11.5. The third kappa shape index (κ3) is 3.27. The molecule has 1 rings (SSSR count). The fraction of sp³-hybridized carbons (Fsp3) is 0.900. The van der Waals surface area contributed by atoms with Crippen molar-refractivity contribution in [3.05, 3.63) is 0 Å². The fourth-order valence-electron chi connectivity index (χ4n) is 2.10. The van der Waals surface area contributed by atoms with Crippen LogP contribution in [0.2, 0.25) is 0 Å². The Morgan fingerprint density at radius 2 is 2.43 bits per heavy atom. The number of piperidine rings is 1. The summed E-state index contributed by atoms with van der Waals surface area (Å²) in [5, 5.41) is 3.27. The number of primary amides is 1. The molecule has 1 heterocycles. The van der Waals surface area contributed by atoms with E-state index in [0.717, 1.165) is 13.1 Å². The van der Waals surface area contributed by atoms with Crippen LogP contribution in [-0.2, 0) is 4.79 Å². The fourth-order valence-corrected chi connectivity index (χ4v) is 2.10. The second kappa shape index (κ2) is 5.32. The zero-order chi connectivity index (χ0) is 10.6. The number of nitrogens with one attached hydrogen (secondary N) is 1. The summed E-state index contributed by atoms with van der Waals surface area (Å²) in [6.45, 7) is 4.60. The molecule has 14 heavy (non-hydrogen) atoms. The van der Waals surface area contributed by atoms with Crippen LogP contribution in [0.5, 0.6) is 0 Å². The van der Waals surface area contributed by atoms with E-state index in [0.29, 0.717) is 18.5 Å². The Kier molecular flexibility index (Phi) is 4.35. The van der Waals surface area contributed by atoms with Gasteiger partial charge in [0.15, 0.2) is 0 Å². The van der Waals surface area contributed by atoms with Crippen molar-refractivity contribution in [2.45, 2.75) is 25.8 Å². The number of hydrogen-bond donors (Lipinski definition) is 2. The predicted molar refractivity (Wildman–Crippen MR) is 56.9 cm³/mol. The Labute approximate surface area is 85.8 Å². The van der Waals surface area contributed by atoms with Crippen LogP contribution in [0.3, 0.4) is 0 Å². The molecule has 2 atom stereocenters. The molecule has 1 aliphatic heterocycles. The molecule has 0 aromatic heterocycles. The van der Waals surface area contributed by atoms with Crippen LogP contribution in [0.15, 0.2) is 0 Å². The molecule has 1 fully saturated rings. The lowest BCUT2D eigenvalue weighted by atomic mass is 9.92.